The second-order valence-corrected chi connectivity index (χ2v) is 20.2. The summed E-state index contributed by atoms with van der Waals surface area (Å²) in [5, 5.41) is 48.0. The maximum absolute atomic E-state index is 13.0. The van der Waals surface area contributed by atoms with E-state index < -0.39 is 12.1 Å². The largest absolute Gasteiger partial charge is 0.476 e. The van der Waals surface area contributed by atoms with Crippen LogP contribution in [0.1, 0.15) is 92.5 Å². The molecule has 0 radical (unpaired) electrons. The number of rotatable bonds is 15. The van der Waals surface area contributed by atoms with Crippen molar-refractivity contribution in [3.63, 3.8) is 0 Å². The Bertz CT molecular complexity index is 2380. The van der Waals surface area contributed by atoms with Crippen LogP contribution in [0.5, 0.6) is 0 Å². The zero-order valence-electron chi connectivity index (χ0n) is 35.4. The number of hydrogen-bond donors (Lipinski definition) is 4. The van der Waals surface area contributed by atoms with Gasteiger partial charge in [0.05, 0.1) is 41.3 Å². The minimum atomic E-state index is -1.09. The summed E-state index contributed by atoms with van der Waals surface area (Å²) in [6.45, 7) is 12.2. The molecule has 318 valence electrons. The van der Waals surface area contributed by atoms with Gasteiger partial charge >= 0.3 is 5.97 Å². The van der Waals surface area contributed by atoms with E-state index in [0.717, 1.165) is 95.8 Å². The minimum Gasteiger partial charge on any atom is -0.476 e. The van der Waals surface area contributed by atoms with Crippen LogP contribution in [-0.2, 0) is 17.7 Å². The van der Waals surface area contributed by atoms with E-state index >= 15 is 0 Å². The number of ether oxygens (including phenoxy) is 1. The van der Waals surface area contributed by atoms with Gasteiger partial charge < -0.3 is 35.2 Å². The summed E-state index contributed by atoms with van der Waals surface area (Å²) in [5.74, 6) is 0.786. The molecule has 4 bridgehead atoms. The third-order valence-corrected chi connectivity index (χ3v) is 14.7. The van der Waals surface area contributed by atoms with E-state index in [1.807, 2.05) is 62.3 Å². The number of pyridine rings is 1. The topological polar surface area (TPSA) is 175 Å². The van der Waals surface area contributed by atoms with E-state index in [2.05, 4.69) is 45.0 Å². The monoisotopic (exact) mass is 835 g/mol. The van der Waals surface area contributed by atoms with Crippen LogP contribution in [0.2, 0.25) is 0 Å². The molecule has 1 aliphatic heterocycles. The molecule has 5 atom stereocenters. The molecular formula is C45H57N9O5S. The number of carbonyl (C=O) groups is 1. The molecule has 4 fully saturated rings. The quantitative estimate of drug-likeness (QED) is 0.0828. The van der Waals surface area contributed by atoms with Crippen LogP contribution in [0.3, 0.4) is 0 Å². The molecule has 5 aliphatic rings. The van der Waals surface area contributed by atoms with Crippen LogP contribution in [0.15, 0.2) is 42.6 Å². The van der Waals surface area contributed by atoms with Gasteiger partial charge in [-0.05, 0) is 119 Å². The molecule has 4 aliphatic carbocycles. The Balaban J connectivity index is 0.941. The summed E-state index contributed by atoms with van der Waals surface area (Å²) in [6, 6.07) is 11.8. The summed E-state index contributed by atoms with van der Waals surface area (Å²) in [6.07, 6.45) is 9.85. The number of carboxylic acids is 1. The van der Waals surface area contributed by atoms with Gasteiger partial charge in [0.25, 0.3) is 0 Å². The zero-order chi connectivity index (χ0) is 42.0. The highest BCUT2D eigenvalue weighted by Gasteiger charge is 2.66. The lowest BCUT2D eigenvalue weighted by atomic mass is 9.39. The van der Waals surface area contributed by atoms with Gasteiger partial charge in [0.2, 0.25) is 0 Å². The summed E-state index contributed by atoms with van der Waals surface area (Å²) >= 11 is 1.57. The van der Waals surface area contributed by atoms with Gasteiger partial charge in [-0.2, -0.15) is 5.10 Å². The molecule has 0 saturated heterocycles. The maximum atomic E-state index is 13.0. The molecule has 60 heavy (non-hydrogen) atoms. The number of nitrogens with one attached hydrogen (secondary N) is 1. The van der Waals surface area contributed by atoms with Crippen molar-refractivity contribution in [2.75, 3.05) is 50.1 Å². The number of para-hydroxylation sites is 1. The molecule has 4 saturated carbocycles. The van der Waals surface area contributed by atoms with Gasteiger partial charge in [0.15, 0.2) is 22.5 Å². The molecule has 5 heterocycles. The van der Waals surface area contributed by atoms with Crippen molar-refractivity contribution < 1.29 is 24.9 Å². The Morgan fingerprint density at radius 1 is 1.00 bits per heavy atom. The average Bonchev–Trinajstić information content (AvgIpc) is 3.77. The fourth-order valence-corrected chi connectivity index (χ4v) is 13.1. The molecule has 2 unspecified atom stereocenters. The van der Waals surface area contributed by atoms with Crippen molar-refractivity contribution in [2.45, 2.75) is 104 Å². The molecular weight excluding hydrogens is 779 g/mol. The molecule has 10 rings (SSSR count). The number of likely N-dealkylation sites (N-methyl/N-ethyl adjacent to an activating group) is 1. The lowest BCUT2D eigenvalue weighted by Gasteiger charge is -2.69. The first kappa shape index (κ1) is 40.8. The van der Waals surface area contributed by atoms with Gasteiger partial charge in [0, 0.05) is 54.1 Å². The normalized spacial score (nSPS) is 26.2. The van der Waals surface area contributed by atoms with Crippen molar-refractivity contribution >= 4 is 50.1 Å². The van der Waals surface area contributed by atoms with Crippen LogP contribution in [0.4, 0.5) is 22.6 Å². The van der Waals surface area contributed by atoms with E-state index in [4.69, 9.17) is 19.8 Å². The first-order valence-corrected chi connectivity index (χ1v) is 22.1. The Labute approximate surface area is 355 Å². The molecule has 4 aromatic heterocycles. The molecule has 4 N–H and O–H groups in total. The zero-order valence-corrected chi connectivity index (χ0v) is 36.2. The minimum absolute atomic E-state index is 0.00572. The number of benzene rings is 1. The van der Waals surface area contributed by atoms with Crippen LogP contribution in [0.25, 0.3) is 21.3 Å². The third kappa shape index (κ3) is 7.67. The molecule has 14 nitrogen and oxygen atoms in total. The second-order valence-electron chi connectivity index (χ2n) is 19.2. The number of hydrogen-bond acceptors (Lipinski definition) is 13. The lowest BCUT2D eigenvalue weighted by molar-refractivity contribution is -0.248. The van der Waals surface area contributed by atoms with Gasteiger partial charge in [-0.3, -0.25) is 4.68 Å². The van der Waals surface area contributed by atoms with Crippen molar-refractivity contribution in [3.05, 3.63) is 65.1 Å². The van der Waals surface area contributed by atoms with E-state index in [1.54, 1.807) is 11.3 Å². The number of aliphatic hydroxyl groups is 2. The van der Waals surface area contributed by atoms with Gasteiger partial charge in [-0.25, -0.2) is 14.8 Å². The van der Waals surface area contributed by atoms with E-state index in [1.165, 1.54) is 6.42 Å². The van der Waals surface area contributed by atoms with Crippen LogP contribution in [-0.4, -0.2) is 108 Å². The Morgan fingerprint density at radius 3 is 2.53 bits per heavy atom. The fourth-order valence-electron chi connectivity index (χ4n) is 12.3. The molecule has 5 aromatic rings. The van der Waals surface area contributed by atoms with Crippen molar-refractivity contribution in [1.82, 2.24) is 34.8 Å². The van der Waals surface area contributed by atoms with E-state index in [0.29, 0.717) is 49.1 Å². The summed E-state index contributed by atoms with van der Waals surface area (Å²) in [4.78, 5) is 26.6. The Hall–Kier alpha value is -4.54. The van der Waals surface area contributed by atoms with Crippen molar-refractivity contribution in [2.24, 2.45) is 16.2 Å². The SMILES string of the molecule is Cc1c(Nc2nc3ccccc3s2)nnc2c1CCCN2c1ccc(-c2cnn(CC34CC5(OCCN(C)CC[C@H](O)CO)C[C@](C)(C3)C[C@](C)(C4)C5)c2C)c(C(=O)O)n1. The smallest absolute Gasteiger partial charge is 0.355 e. The maximum Gasteiger partial charge on any atom is 0.355 e. The number of thiazole rings is 1. The van der Waals surface area contributed by atoms with Gasteiger partial charge in [-0.15, -0.1) is 10.2 Å². The average molecular weight is 836 g/mol. The number of aromatic nitrogens is 6. The first-order chi connectivity index (χ1) is 28.7. The van der Waals surface area contributed by atoms with Gasteiger partial charge in [-0.1, -0.05) is 37.3 Å². The highest BCUT2D eigenvalue weighted by atomic mass is 32.1. The number of aromatic carboxylic acids is 1. The summed E-state index contributed by atoms with van der Waals surface area (Å²) < 4.78 is 10.1. The van der Waals surface area contributed by atoms with Crippen molar-refractivity contribution in [3.8, 4) is 11.1 Å². The predicted octanol–water partition coefficient (Wildman–Crippen LogP) is 7.30. The number of aliphatic hydroxyl groups excluding tert-OH is 2. The fraction of sp³-hybridized carbons (Fsp3) is 0.556. The Kier molecular flexibility index (Phi) is 10.5. The predicted molar refractivity (Wildman–Crippen MR) is 232 cm³/mol. The van der Waals surface area contributed by atoms with Crippen LogP contribution < -0.4 is 10.2 Å². The standard InChI is InChI=1S/C45H57N9O5S/c1-28-31-9-8-15-53(39(31)51-50-38(28)49-41-47-34-10-6-7-11-35(34)60-41)36-13-12-32(37(48-36)40(57)58)33-19-46-54(29(33)2)27-44-22-42(3)21-43(4,23-44)25-45(24-42,26-44)59-18-17-52(5)16-14-30(56)20-55/h6-7,10-13,19,30,55-56H,8-9,14-18,20-27H2,1-5H3,(H,57,58)(H,47,49,50)/t30-,42-,43+,44?,45?/m0/s1. The molecule has 0 amide bonds. The molecule has 0 spiro atoms. The molecule has 1 aromatic carbocycles. The van der Waals surface area contributed by atoms with Crippen molar-refractivity contribution in [1.29, 1.82) is 0 Å². The van der Waals surface area contributed by atoms with Gasteiger partial charge in [0.1, 0.15) is 5.82 Å². The van der Waals surface area contributed by atoms with E-state index in [9.17, 15) is 20.1 Å². The van der Waals surface area contributed by atoms with E-state index in [-0.39, 0.29) is 34.1 Å². The van der Waals surface area contributed by atoms with Crippen LogP contribution >= 0.6 is 11.3 Å². The Morgan fingerprint density at radius 2 is 1.78 bits per heavy atom. The number of carboxylic acid groups (broad SMARTS) is 1. The second kappa shape index (κ2) is 15.4. The molecule has 15 heteroatoms. The highest BCUT2D eigenvalue weighted by molar-refractivity contribution is 7.22. The summed E-state index contributed by atoms with van der Waals surface area (Å²) in [5.41, 5.74) is 5.36. The van der Waals surface area contributed by atoms with Crippen LogP contribution in [0, 0.1) is 30.1 Å². The number of fused-ring (bicyclic) bond motifs is 2. The highest BCUT2D eigenvalue weighted by Crippen LogP contribution is 2.72. The summed E-state index contributed by atoms with van der Waals surface area (Å²) in [7, 11) is 2.04. The number of nitrogens with zero attached hydrogens (tertiary/aromatic N) is 8. The first-order valence-electron chi connectivity index (χ1n) is 21.3. The lowest BCUT2D eigenvalue weighted by Crippen LogP contribution is -2.64. The number of anilines is 4. The third-order valence-electron chi connectivity index (χ3n) is 13.7.